The Balaban J connectivity index is 2.06. The Morgan fingerprint density at radius 3 is 2.56 bits per heavy atom. The SMILES string of the molecule is CC1CCN(CCCNC(=O)C(Br)C(C)C)CC1. The molecule has 1 saturated heterocycles. The van der Waals surface area contributed by atoms with Crippen LogP contribution in [0.3, 0.4) is 0 Å². The Kier molecular flexibility index (Phi) is 7.23. The van der Waals surface area contributed by atoms with Gasteiger partial charge in [-0.15, -0.1) is 0 Å². The van der Waals surface area contributed by atoms with Gasteiger partial charge in [-0.1, -0.05) is 36.7 Å². The monoisotopic (exact) mass is 318 g/mol. The number of rotatable bonds is 6. The van der Waals surface area contributed by atoms with Gasteiger partial charge in [0.2, 0.25) is 5.91 Å². The summed E-state index contributed by atoms with van der Waals surface area (Å²) in [6.07, 6.45) is 3.70. The molecule has 18 heavy (non-hydrogen) atoms. The van der Waals surface area contributed by atoms with Gasteiger partial charge in [0.1, 0.15) is 0 Å². The summed E-state index contributed by atoms with van der Waals surface area (Å²) in [5, 5.41) is 3.00. The maximum atomic E-state index is 11.7. The van der Waals surface area contributed by atoms with E-state index in [9.17, 15) is 4.79 Å². The molecule has 1 aliphatic rings. The van der Waals surface area contributed by atoms with Crippen LogP contribution in [0.5, 0.6) is 0 Å². The van der Waals surface area contributed by atoms with Gasteiger partial charge in [-0.25, -0.2) is 0 Å². The molecule has 106 valence electrons. The van der Waals surface area contributed by atoms with Gasteiger partial charge in [0.25, 0.3) is 0 Å². The molecule has 0 radical (unpaired) electrons. The van der Waals surface area contributed by atoms with Crippen molar-refractivity contribution in [3.05, 3.63) is 0 Å². The summed E-state index contributed by atoms with van der Waals surface area (Å²) in [5.41, 5.74) is 0. The molecule has 0 spiro atoms. The number of carbonyl (C=O) groups excluding carboxylic acids is 1. The molecule has 1 amide bonds. The first-order chi connectivity index (χ1) is 8.50. The van der Waals surface area contributed by atoms with Crippen molar-refractivity contribution in [2.24, 2.45) is 11.8 Å². The Bertz CT molecular complexity index is 250. The smallest absolute Gasteiger partial charge is 0.234 e. The average Bonchev–Trinajstić information content (AvgIpc) is 2.35. The fraction of sp³-hybridized carbons (Fsp3) is 0.929. The molecule has 1 aliphatic heterocycles. The molecule has 0 aromatic carbocycles. The summed E-state index contributed by atoms with van der Waals surface area (Å²) >= 11 is 3.42. The first-order valence-electron chi connectivity index (χ1n) is 7.15. The van der Waals surface area contributed by atoms with Crippen molar-refractivity contribution in [1.82, 2.24) is 10.2 Å². The zero-order chi connectivity index (χ0) is 13.5. The fourth-order valence-electron chi connectivity index (χ4n) is 2.20. The lowest BCUT2D eigenvalue weighted by Gasteiger charge is -2.30. The first-order valence-corrected chi connectivity index (χ1v) is 8.06. The molecular formula is C14H27BrN2O. The maximum Gasteiger partial charge on any atom is 0.234 e. The van der Waals surface area contributed by atoms with Crippen LogP contribution in [-0.4, -0.2) is 41.8 Å². The van der Waals surface area contributed by atoms with Crippen LogP contribution < -0.4 is 5.32 Å². The number of piperidine rings is 1. The van der Waals surface area contributed by atoms with Gasteiger partial charge >= 0.3 is 0 Å². The fourth-order valence-corrected chi connectivity index (χ4v) is 2.36. The van der Waals surface area contributed by atoms with E-state index in [4.69, 9.17) is 0 Å². The van der Waals surface area contributed by atoms with E-state index in [-0.39, 0.29) is 10.7 Å². The van der Waals surface area contributed by atoms with Gasteiger partial charge < -0.3 is 10.2 Å². The number of alkyl halides is 1. The molecule has 4 heteroatoms. The Labute approximate surface area is 120 Å². The highest BCUT2D eigenvalue weighted by Gasteiger charge is 2.18. The summed E-state index contributed by atoms with van der Waals surface area (Å²) < 4.78 is 0. The number of amides is 1. The van der Waals surface area contributed by atoms with Crippen molar-refractivity contribution in [2.45, 2.75) is 44.9 Å². The lowest BCUT2D eigenvalue weighted by atomic mass is 9.99. The van der Waals surface area contributed by atoms with Crippen LogP contribution in [0, 0.1) is 11.8 Å². The minimum absolute atomic E-state index is 0.0617. The normalized spacial score (nSPS) is 20.1. The number of halogens is 1. The summed E-state index contributed by atoms with van der Waals surface area (Å²) in [6.45, 7) is 10.8. The maximum absolute atomic E-state index is 11.7. The number of hydrogen-bond donors (Lipinski definition) is 1. The van der Waals surface area contributed by atoms with Crippen molar-refractivity contribution in [2.75, 3.05) is 26.2 Å². The summed E-state index contributed by atoms with van der Waals surface area (Å²) in [6, 6.07) is 0. The number of carbonyl (C=O) groups is 1. The van der Waals surface area contributed by atoms with E-state index in [0.717, 1.165) is 25.4 Å². The van der Waals surface area contributed by atoms with Gasteiger partial charge in [0.05, 0.1) is 4.83 Å². The predicted octanol–water partition coefficient (Wildman–Crippen LogP) is 2.64. The van der Waals surface area contributed by atoms with Crippen LogP contribution in [0.25, 0.3) is 0 Å². The molecule has 1 unspecified atom stereocenters. The Morgan fingerprint density at radius 2 is 2.00 bits per heavy atom. The lowest BCUT2D eigenvalue weighted by molar-refractivity contribution is -0.121. The van der Waals surface area contributed by atoms with Crippen molar-refractivity contribution < 1.29 is 4.79 Å². The van der Waals surface area contributed by atoms with Crippen LogP contribution in [-0.2, 0) is 4.79 Å². The van der Waals surface area contributed by atoms with E-state index in [1.165, 1.54) is 25.9 Å². The zero-order valence-electron chi connectivity index (χ0n) is 11.9. The highest BCUT2D eigenvalue weighted by atomic mass is 79.9. The van der Waals surface area contributed by atoms with Crippen molar-refractivity contribution in [1.29, 1.82) is 0 Å². The quantitative estimate of drug-likeness (QED) is 0.603. The molecule has 0 aliphatic carbocycles. The summed E-state index contributed by atoms with van der Waals surface area (Å²) in [7, 11) is 0. The third kappa shape index (κ3) is 5.70. The molecule has 1 fully saturated rings. The highest BCUT2D eigenvalue weighted by Crippen LogP contribution is 2.15. The summed E-state index contributed by atoms with van der Waals surface area (Å²) in [4.78, 5) is 14.2. The number of nitrogens with zero attached hydrogens (tertiary/aromatic N) is 1. The van der Waals surface area contributed by atoms with E-state index in [1.54, 1.807) is 0 Å². The van der Waals surface area contributed by atoms with Crippen molar-refractivity contribution in [3.8, 4) is 0 Å². The molecule has 1 heterocycles. The van der Waals surface area contributed by atoms with Crippen LogP contribution >= 0.6 is 15.9 Å². The minimum Gasteiger partial charge on any atom is -0.355 e. The molecule has 1 rings (SSSR count). The van der Waals surface area contributed by atoms with Crippen LogP contribution in [0.1, 0.15) is 40.0 Å². The largest absolute Gasteiger partial charge is 0.355 e. The van der Waals surface area contributed by atoms with Crippen LogP contribution in [0.2, 0.25) is 0 Å². The minimum atomic E-state index is -0.0617. The van der Waals surface area contributed by atoms with Crippen molar-refractivity contribution in [3.63, 3.8) is 0 Å². The van der Waals surface area contributed by atoms with Gasteiger partial charge in [0, 0.05) is 6.54 Å². The van der Waals surface area contributed by atoms with E-state index < -0.39 is 0 Å². The average molecular weight is 319 g/mol. The van der Waals surface area contributed by atoms with Crippen molar-refractivity contribution >= 4 is 21.8 Å². The molecule has 3 nitrogen and oxygen atoms in total. The molecule has 1 N–H and O–H groups in total. The standard InChI is InChI=1S/C14H27BrN2O/c1-11(2)13(15)14(18)16-7-4-8-17-9-5-12(3)6-10-17/h11-13H,4-10H2,1-3H3,(H,16,18). The van der Waals surface area contributed by atoms with Gasteiger partial charge in [-0.2, -0.15) is 0 Å². The topological polar surface area (TPSA) is 32.3 Å². The van der Waals surface area contributed by atoms with E-state index in [0.29, 0.717) is 5.92 Å². The van der Waals surface area contributed by atoms with E-state index >= 15 is 0 Å². The second kappa shape index (κ2) is 8.16. The number of nitrogens with one attached hydrogen (secondary N) is 1. The number of likely N-dealkylation sites (tertiary alicyclic amines) is 1. The van der Waals surface area contributed by atoms with Crippen LogP contribution in [0.15, 0.2) is 0 Å². The highest BCUT2D eigenvalue weighted by molar-refractivity contribution is 9.10. The molecule has 0 aromatic rings. The van der Waals surface area contributed by atoms with E-state index in [1.807, 2.05) is 13.8 Å². The Hall–Kier alpha value is -0.0900. The third-order valence-electron chi connectivity index (χ3n) is 3.66. The van der Waals surface area contributed by atoms with E-state index in [2.05, 4.69) is 33.1 Å². The molecule has 0 saturated carbocycles. The number of hydrogen-bond acceptors (Lipinski definition) is 2. The molecular weight excluding hydrogens is 292 g/mol. The van der Waals surface area contributed by atoms with Gasteiger partial charge in [-0.3, -0.25) is 4.79 Å². The molecule has 1 atom stereocenters. The zero-order valence-corrected chi connectivity index (χ0v) is 13.5. The van der Waals surface area contributed by atoms with Crippen LogP contribution in [0.4, 0.5) is 0 Å². The van der Waals surface area contributed by atoms with Gasteiger partial charge in [-0.05, 0) is 50.7 Å². The molecule has 0 bridgehead atoms. The summed E-state index contributed by atoms with van der Waals surface area (Å²) in [5.74, 6) is 1.35. The second-order valence-corrected chi connectivity index (χ2v) is 6.80. The third-order valence-corrected chi connectivity index (χ3v) is 5.14. The van der Waals surface area contributed by atoms with Gasteiger partial charge in [0.15, 0.2) is 0 Å². The Morgan fingerprint density at radius 1 is 1.39 bits per heavy atom. The second-order valence-electron chi connectivity index (χ2n) is 5.81. The lowest BCUT2D eigenvalue weighted by Crippen LogP contribution is -2.37. The molecule has 0 aromatic heterocycles. The first kappa shape index (κ1) is 16.0. The predicted molar refractivity (Wildman–Crippen MR) is 80.0 cm³/mol.